The minimum Gasteiger partial charge on any atom is -0.478 e. The molecule has 0 aliphatic rings. The van der Waals surface area contributed by atoms with Crippen LogP contribution in [-0.4, -0.2) is 11.1 Å². The van der Waals surface area contributed by atoms with Crippen molar-refractivity contribution < 1.29 is 9.90 Å². The van der Waals surface area contributed by atoms with Crippen molar-refractivity contribution in [1.29, 1.82) is 0 Å². The van der Waals surface area contributed by atoms with Crippen LogP contribution in [0.1, 0.15) is 10.4 Å². The van der Waals surface area contributed by atoms with Crippen molar-refractivity contribution in [2.75, 3.05) is 5.43 Å². The van der Waals surface area contributed by atoms with Crippen LogP contribution in [0.2, 0.25) is 0 Å². The second-order valence-electron chi connectivity index (χ2n) is 2.18. The van der Waals surface area contributed by atoms with E-state index in [0.717, 1.165) is 3.57 Å². The Bertz CT molecular complexity index is 314. The predicted octanol–water partition coefficient (Wildman–Crippen LogP) is 1.28. The van der Waals surface area contributed by atoms with Gasteiger partial charge in [0.25, 0.3) is 0 Å². The van der Waals surface area contributed by atoms with Crippen LogP contribution in [-0.2, 0) is 0 Å². The molecule has 0 amide bonds. The monoisotopic (exact) mass is 278 g/mol. The first-order valence-corrected chi connectivity index (χ1v) is 4.22. The van der Waals surface area contributed by atoms with Gasteiger partial charge >= 0.3 is 5.97 Å². The molecule has 4 N–H and O–H groups in total. The molecule has 0 spiro atoms. The molecular formula is C7H7IN2O2. The maximum absolute atomic E-state index is 10.5. The Morgan fingerprint density at radius 2 is 2.17 bits per heavy atom. The fraction of sp³-hybridized carbons (Fsp3) is 0. The van der Waals surface area contributed by atoms with Gasteiger partial charge in [-0.05, 0) is 40.8 Å². The van der Waals surface area contributed by atoms with E-state index in [-0.39, 0.29) is 5.56 Å². The zero-order chi connectivity index (χ0) is 9.14. The quantitative estimate of drug-likeness (QED) is 0.432. The van der Waals surface area contributed by atoms with E-state index in [9.17, 15) is 4.79 Å². The van der Waals surface area contributed by atoms with Gasteiger partial charge in [-0.3, -0.25) is 5.84 Å². The molecule has 64 valence electrons. The van der Waals surface area contributed by atoms with Crippen molar-refractivity contribution in [2.24, 2.45) is 5.84 Å². The third-order valence-corrected chi connectivity index (χ3v) is 1.93. The van der Waals surface area contributed by atoms with Crippen molar-refractivity contribution in [2.45, 2.75) is 0 Å². The SMILES string of the molecule is NNc1cc(I)cc(C(=O)O)c1. The Morgan fingerprint density at radius 1 is 1.50 bits per heavy atom. The van der Waals surface area contributed by atoms with E-state index >= 15 is 0 Å². The summed E-state index contributed by atoms with van der Waals surface area (Å²) in [5, 5.41) is 8.66. The number of aromatic carboxylic acids is 1. The fourth-order valence-corrected chi connectivity index (χ4v) is 1.47. The average molecular weight is 278 g/mol. The van der Waals surface area contributed by atoms with E-state index in [2.05, 4.69) is 5.43 Å². The first-order valence-electron chi connectivity index (χ1n) is 3.14. The number of benzene rings is 1. The van der Waals surface area contributed by atoms with E-state index in [1.54, 1.807) is 12.1 Å². The Balaban J connectivity index is 3.15. The number of nitrogens with one attached hydrogen (secondary N) is 1. The lowest BCUT2D eigenvalue weighted by atomic mass is 10.2. The highest BCUT2D eigenvalue weighted by atomic mass is 127. The molecular weight excluding hydrogens is 271 g/mol. The van der Waals surface area contributed by atoms with Gasteiger partial charge < -0.3 is 10.5 Å². The summed E-state index contributed by atoms with van der Waals surface area (Å²) >= 11 is 2.03. The number of carboxylic acid groups (broad SMARTS) is 1. The van der Waals surface area contributed by atoms with Crippen LogP contribution in [0.4, 0.5) is 5.69 Å². The number of nitrogen functional groups attached to an aromatic ring is 1. The van der Waals surface area contributed by atoms with Gasteiger partial charge in [-0.2, -0.15) is 0 Å². The van der Waals surface area contributed by atoms with Crippen molar-refractivity contribution in [3.8, 4) is 0 Å². The highest BCUT2D eigenvalue weighted by Crippen LogP contribution is 2.15. The zero-order valence-electron chi connectivity index (χ0n) is 6.04. The minimum absolute atomic E-state index is 0.231. The van der Waals surface area contributed by atoms with Crippen LogP contribution >= 0.6 is 22.6 Å². The van der Waals surface area contributed by atoms with Gasteiger partial charge in [-0.15, -0.1) is 0 Å². The van der Waals surface area contributed by atoms with E-state index in [4.69, 9.17) is 10.9 Å². The van der Waals surface area contributed by atoms with Gasteiger partial charge in [0.2, 0.25) is 0 Å². The molecule has 5 heteroatoms. The summed E-state index contributed by atoms with van der Waals surface area (Å²) < 4.78 is 0.834. The standard InChI is InChI=1S/C7H7IN2O2/c8-5-1-4(7(11)12)2-6(3-5)10-9/h1-3,10H,9H2,(H,11,12). The molecule has 0 heterocycles. The number of hydrazine groups is 1. The van der Waals surface area contributed by atoms with Gasteiger partial charge in [0.1, 0.15) is 0 Å². The molecule has 0 aliphatic carbocycles. The van der Waals surface area contributed by atoms with Crippen LogP contribution < -0.4 is 11.3 Å². The number of carbonyl (C=O) groups is 1. The molecule has 0 atom stereocenters. The highest BCUT2D eigenvalue weighted by molar-refractivity contribution is 14.1. The Kier molecular flexibility index (Phi) is 2.88. The molecule has 1 aromatic carbocycles. The third-order valence-electron chi connectivity index (χ3n) is 1.31. The molecule has 12 heavy (non-hydrogen) atoms. The first kappa shape index (κ1) is 9.27. The fourth-order valence-electron chi connectivity index (χ4n) is 0.796. The maximum Gasteiger partial charge on any atom is 0.335 e. The third kappa shape index (κ3) is 2.08. The zero-order valence-corrected chi connectivity index (χ0v) is 8.20. The molecule has 0 saturated carbocycles. The summed E-state index contributed by atoms with van der Waals surface area (Å²) in [6, 6.07) is 4.81. The van der Waals surface area contributed by atoms with E-state index in [0.29, 0.717) is 5.69 Å². The van der Waals surface area contributed by atoms with Gasteiger partial charge in [0.05, 0.1) is 11.3 Å². The number of hydrogen-bond donors (Lipinski definition) is 3. The lowest BCUT2D eigenvalue weighted by Crippen LogP contribution is -2.08. The normalized spacial score (nSPS) is 9.50. The maximum atomic E-state index is 10.5. The van der Waals surface area contributed by atoms with E-state index in [1.165, 1.54) is 6.07 Å². The van der Waals surface area contributed by atoms with Crippen molar-refractivity contribution in [3.63, 3.8) is 0 Å². The summed E-state index contributed by atoms with van der Waals surface area (Å²) in [5.74, 6) is 4.19. The average Bonchev–Trinajstić information content (AvgIpc) is 2.03. The molecule has 1 aromatic rings. The van der Waals surface area contributed by atoms with Crippen LogP contribution in [0.3, 0.4) is 0 Å². The molecule has 0 bridgehead atoms. The molecule has 4 nitrogen and oxygen atoms in total. The lowest BCUT2D eigenvalue weighted by molar-refractivity contribution is 0.0697. The van der Waals surface area contributed by atoms with Crippen molar-refractivity contribution in [3.05, 3.63) is 27.3 Å². The smallest absolute Gasteiger partial charge is 0.335 e. The van der Waals surface area contributed by atoms with E-state index in [1.807, 2.05) is 22.6 Å². The number of carboxylic acids is 1. The largest absolute Gasteiger partial charge is 0.478 e. The molecule has 0 saturated heterocycles. The number of rotatable bonds is 2. The second kappa shape index (κ2) is 3.72. The molecule has 1 rings (SSSR count). The molecule has 0 aromatic heterocycles. The number of nitrogens with two attached hydrogens (primary N) is 1. The number of halogens is 1. The summed E-state index contributed by atoms with van der Waals surface area (Å²) in [7, 11) is 0. The molecule has 0 aliphatic heterocycles. The van der Waals surface area contributed by atoms with Crippen molar-refractivity contribution >= 4 is 34.2 Å². The summed E-state index contributed by atoms with van der Waals surface area (Å²) in [4.78, 5) is 10.5. The van der Waals surface area contributed by atoms with Crippen molar-refractivity contribution in [1.82, 2.24) is 0 Å². The predicted molar refractivity (Wildman–Crippen MR) is 53.9 cm³/mol. The van der Waals surface area contributed by atoms with Crippen LogP contribution in [0.25, 0.3) is 0 Å². The number of hydrogen-bond acceptors (Lipinski definition) is 3. The van der Waals surface area contributed by atoms with Crippen LogP contribution in [0.15, 0.2) is 18.2 Å². The van der Waals surface area contributed by atoms with Crippen LogP contribution in [0.5, 0.6) is 0 Å². The Hall–Kier alpha value is -0.820. The summed E-state index contributed by atoms with van der Waals surface area (Å²) in [6.07, 6.45) is 0. The molecule has 0 radical (unpaired) electrons. The van der Waals surface area contributed by atoms with Crippen LogP contribution in [0, 0.1) is 3.57 Å². The van der Waals surface area contributed by atoms with Gasteiger partial charge in [-0.1, -0.05) is 0 Å². The van der Waals surface area contributed by atoms with Gasteiger partial charge in [-0.25, -0.2) is 4.79 Å². The lowest BCUT2D eigenvalue weighted by Gasteiger charge is -2.02. The second-order valence-corrected chi connectivity index (χ2v) is 3.42. The highest BCUT2D eigenvalue weighted by Gasteiger charge is 2.04. The Morgan fingerprint density at radius 3 is 2.67 bits per heavy atom. The topological polar surface area (TPSA) is 75.3 Å². The first-order chi connectivity index (χ1) is 5.63. The minimum atomic E-state index is -0.954. The summed E-state index contributed by atoms with van der Waals surface area (Å²) in [6.45, 7) is 0. The Labute approximate surface area is 82.9 Å². The van der Waals surface area contributed by atoms with Gasteiger partial charge in [0.15, 0.2) is 0 Å². The van der Waals surface area contributed by atoms with E-state index < -0.39 is 5.97 Å². The summed E-state index contributed by atoms with van der Waals surface area (Å²) in [5.41, 5.74) is 3.22. The molecule has 0 unspecified atom stereocenters. The number of anilines is 1. The molecule has 0 fully saturated rings. The van der Waals surface area contributed by atoms with Gasteiger partial charge in [0, 0.05) is 3.57 Å².